The highest BCUT2D eigenvalue weighted by Crippen LogP contribution is 2.29. The number of allylic oxidation sites excluding steroid dienone is 2. The van der Waals surface area contributed by atoms with Crippen molar-refractivity contribution in [2.45, 2.75) is 19.3 Å². The maximum atomic E-state index is 5.46. The highest BCUT2D eigenvalue weighted by molar-refractivity contribution is 5.58. The van der Waals surface area contributed by atoms with Crippen molar-refractivity contribution in [2.75, 3.05) is 26.3 Å². The normalized spacial score (nSPS) is 22.4. The number of ether oxygens (including phenoxy) is 1. The van der Waals surface area contributed by atoms with Crippen LogP contribution in [0.25, 0.3) is 6.08 Å². The molecule has 19 heavy (non-hydrogen) atoms. The van der Waals surface area contributed by atoms with Gasteiger partial charge in [-0.2, -0.15) is 0 Å². The van der Waals surface area contributed by atoms with Crippen molar-refractivity contribution in [1.82, 2.24) is 4.90 Å². The molecular formula is C17H21NO. The summed E-state index contributed by atoms with van der Waals surface area (Å²) in [5.41, 5.74) is 4.23. The van der Waals surface area contributed by atoms with Crippen molar-refractivity contribution >= 4 is 6.08 Å². The van der Waals surface area contributed by atoms with Crippen molar-refractivity contribution in [2.24, 2.45) is 0 Å². The molecule has 0 N–H and O–H groups in total. The van der Waals surface area contributed by atoms with Crippen LogP contribution in [0, 0.1) is 0 Å². The van der Waals surface area contributed by atoms with E-state index in [2.05, 4.69) is 47.4 Å². The minimum absolute atomic E-state index is 0.857. The first-order valence-electron chi connectivity index (χ1n) is 7.22. The van der Waals surface area contributed by atoms with Gasteiger partial charge in [0.15, 0.2) is 0 Å². The lowest BCUT2D eigenvalue weighted by Crippen LogP contribution is -2.36. The molecule has 0 bridgehead atoms. The average molecular weight is 255 g/mol. The number of hydrogen-bond donors (Lipinski definition) is 0. The summed E-state index contributed by atoms with van der Waals surface area (Å²) in [7, 11) is 0. The summed E-state index contributed by atoms with van der Waals surface area (Å²) < 4.78 is 5.46. The van der Waals surface area contributed by atoms with Gasteiger partial charge in [-0.05, 0) is 36.5 Å². The number of morpholine rings is 1. The highest BCUT2D eigenvalue weighted by Gasteiger charge is 2.18. The van der Waals surface area contributed by atoms with Crippen LogP contribution in [0.5, 0.6) is 0 Å². The predicted octanol–water partition coefficient (Wildman–Crippen LogP) is 3.47. The first-order chi connectivity index (χ1) is 9.43. The van der Waals surface area contributed by atoms with Gasteiger partial charge in [-0.1, -0.05) is 36.4 Å². The fourth-order valence-electron chi connectivity index (χ4n) is 2.82. The minimum atomic E-state index is 0.857. The average Bonchev–Trinajstić information content (AvgIpc) is 2.50. The van der Waals surface area contributed by atoms with E-state index >= 15 is 0 Å². The smallest absolute Gasteiger partial charge is 0.0642 e. The van der Waals surface area contributed by atoms with Crippen molar-refractivity contribution in [3.8, 4) is 0 Å². The molecule has 2 heteroatoms. The van der Waals surface area contributed by atoms with E-state index in [0.29, 0.717) is 0 Å². The van der Waals surface area contributed by atoms with Gasteiger partial charge in [0, 0.05) is 18.8 Å². The van der Waals surface area contributed by atoms with Crippen LogP contribution in [-0.4, -0.2) is 31.2 Å². The van der Waals surface area contributed by atoms with E-state index in [1.54, 1.807) is 0 Å². The molecule has 1 heterocycles. The summed E-state index contributed by atoms with van der Waals surface area (Å²) >= 11 is 0. The Kier molecular flexibility index (Phi) is 3.99. The summed E-state index contributed by atoms with van der Waals surface area (Å²) in [6, 6.07) is 10.6. The van der Waals surface area contributed by atoms with E-state index in [1.165, 1.54) is 36.1 Å². The maximum absolute atomic E-state index is 5.46. The molecule has 0 saturated carbocycles. The van der Waals surface area contributed by atoms with Crippen molar-refractivity contribution in [3.63, 3.8) is 0 Å². The Bertz CT molecular complexity index is 469. The van der Waals surface area contributed by atoms with Gasteiger partial charge >= 0.3 is 0 Å². The molecule has 2 aliphatic rings. The van der Waals surface area contributed by atoms with Crippen LogP contribution in [0.4, 0.5) is 0 Å². The number of benzene rings is 1. The molecule has 1 aliphatic carbocycles. The van der Waals surface area contributed by atoms with Gasteiger partial charge in [-0.25, -0.2) is 0 Å². The molecule has 1 saturated heterocycles. The van der Waals surface area contributed by atoms with E-state index < -0.39 is 0 Å². The van der Waals surface area contributed by atoms with E-state index in [9.17, 15) is 0 Å². The molecule has 1 fully saturated rings. The second kappa shape index (κ2) is 6.07. The SMILES string of the molecule is C(=C1CCCC=C1N1CCOCC1)c1ccccc1. The van der Waals surface area contributed by atoms with Gasteiger partial charge in [0.25, 0.3) is 0 Å². The molecule has 0 unspecified atom stereocenters. The topological polar surface area (TPSA) is 12.5 Å². The van der Waals surface area contributed by atoms with Crippen LogP contribution in [0.2, 0.25) is 0 Å². The number of nitrogens with zero attached hydrogens (tertiary/aromatic N) is 1. The van der Waals surface area contributed by atoms with Crippen molar-refractivity contribution < 1.29 is 4.74 Å². The molecule has 2 nitrogen and oxygen atoms in total. The van der Waals surface area contributed by atoms with Crippen LogP contribution in [-0.2, 0) is 4.74 Å². The van der Waals surface area contributed by atoms with E-state index in [0.717, 1.165) is 26.3 Å². The first-order valence-corrected chi connectivity index (χ1v) is 7.22. The van der Waals surface area contributed by atoms with Gasteiger partial charge in [0.1, 0.15) is 0 Å². The van der Waals surface area contributed by atoms with Crippen LogP contribution in [0.3, 0.4) is 0 Å². The van der Waals surface area contributed by atoms with Gasteiger partial charge in [-0.3, -0.25) is 0 Å². The molecule has 1 aromatic carbocycles. The predicted molar refractivity (Wildman–Crippen MR) is 78.7 cm³/mol. The zero-order valence-corrected chi connectivity index (χ0v) is 11.3. The lowest BCUT2D eigenvalue weighted by atomic mass is 9.95. The first kappa shape index (κ1) is 12.5. The van der Waals surface area contributed by atoms with Crippen LogP contribution < -0.4 is 0 Å². The fourth-order valence-corrected chi connectivity index (χ4v) is 2.82. The van der Waals surface area contributed by atoms with Crippen LogP contribution >= 0.6 is 0 Å². The largest absolute Gasteiger partial charge is 0.378 e. The molecule has 100 valence electrons. The molecule has 0 aromatic heterocycles. The third-order valence-corrected chi connectivity index (χ3v) is 3.81. The minimum Gasteiger partial charge on any atom is -0.378 e. The molecular weight excluding hydrogens is 234 g/mol. The lowest BCUT2D eigenvalue weighted by Gasteiger charge is -2.34. The Morgan fingerprint density at radius 2 is 1.84 bits per heavy atom. The molecule has 0 spiro atoms. The summed E-state index contributed by atoms with van der Waals surface area (Å²) in [4.78, 5) is 2.48. The Morgan fingerprint density at radius 3 is 2.63 bits per heavy atom. The third-order valence-electron chi connectivity index (χ3n) is 3.81. The summed E-state index contributed by atoms with van der Waals surface area (Å²) in [5, 5.41) is 0. The second-order valence-corrected chi connectivity index (χ2v) is 5.16. The molecule has 1 aromatic rings. The van der Waals surface area contributed by atoms with Gasteiger partial charge in [-0.15, -0.1) is 0 Å². The Morgan fingerprint density at radius 1 is 1.05 bits per heavy atom. The summed E-state index contributed by atoms with van der Waals surface area (Å²) in [6.45, 7) is 3.77. The van der Waals surface area contributed by atoms with Gasteiger partial charge in [0.05, 0.1) is 13.2 Å². The van der Waals surface area contributed by atoms with Crippen LogP contribution in [0.15, 0.2) is 47.7 Å². The fraction of sp³-hybridized carbons (Fsp3) is 0.412. The van der Waals surface area contributed by atoms with E-state index in [-0.39, 0.29) is 0 Å². The number of hydrogen-bond acceptors (Lipinski definition) is 2. The maximum Gasteiger partial charge on any atom is 0.0642 e. The summed E-state index contributed by atoms with van der Waals surface area (Å²) in [5.74, 6) is 0. The molecule has 0 amide bonds. The molecule has 0 atom stereocenters. The quantitative estimate of drug-likeness (QED) is 0.802. The highest BCUT2D eigenvalue weighted by atomic mass is 16.5. The number of rotatable bonds is 2. The summed E-state index contributed by atoms with van der Waals surface area (Å²) in [6.07, 6.45) is 8.42. The van der Waals surface area contributed by atoms with Crippen molar-refractivity contribution in [1.29, 1.82) is 0 Å². The van der Waals surface area contributed by atoms with Crippen LogP contribution in [0.1, 0.15) is 24.8 Å². The zero-order chi connectivity index (χ0) is 12.9. The standard InChI is InChI=1S/C17H21NO/c1-2-6-15(7-3-1)14-16-8-4-5-9-17(16)18-10-12-19-13-11-18/h1-3,6-7,9,14H,4-5,8,10-13H2. The molecule has 0 radical (unpaired) electrons. The lowest BCUT2D eigenvalue weighted by molar-refractivity contribution is 0.0542. The molecule has 1 aliphatic heterocycles. The molecule has 3 rings (SSSR count). The Balaban J connectivity index is 1.84. The van der Waals surface area contributed by atoms with E-state index in [1.807, 2.05) is 0 Å². The monoisotopic (exact) mass is 255 g/mol. The zero-order valence-electron chi connectivity index (χ0n) is 11.3. The van der Waals surface area contributed by atoms with E-state index in [4.69, 9.17) is 4.74 Å². The van der Waals surface area contributed by atoms with Crippen molar-refractivity contribution in [3.05, 3.63) is 53.2 Å². The second-order valence-electron chi connectivity index (χ2n) is 5.16. The van der Waals surface area contributed by atoms with Gasteiger partial charge < -0.3 is 9.64 Å². The Hall–Kier alpha value is -1.54. The third kappa shape index (κ3) is 3.07. The Labute approximate surface area is 115 Å². The van der Waals surface area contributed by atoms with Gasteiger partial charge in [0.2, 0.25) is 0 Å².